The highest BCUT2D eigenvalue weighted by molar-refractivity contribution is 7.99. The second-order valence-electron chi connectivity index (χ2n) is 6.81. The van der Waals surface area contributed by atoms with Crippen LogP contribution in [-0.4, -0.2) is 29.9 Å². The minimum absolute atomic E-state index is 0.0532. The van der Waals surface area contributed by atoms with Gasteiger partial charge in [-0.05, 0) is 56.2 Å². The highest BCUT2D eigenvalue weighted by Crippen LogP contribution is 2.36. The maximum absolute atomic E-state index is 5.41. The Balaban J connectivity index is 1.77. The number of rotatable bonds is 6. The zero-order valence-corrected chi connectivity index (χ0v) is 17.6. The summed E-state index contributed by atoms with van der Waals surface area (Å²) in [6.07, 6.45) is 4.26. The summed E-state index contributed by atoms with van der Waals surface area (Å²) in [6.45, 7) is 8.25. The van der Waals surface area contributed by atoms with Gasteiger partial charge in [0.25, 0.3) is 0 Å². The first kappa shape index (κ1) is 19.3. The Hall–Kier alpha value is -3.00. The predicted molar refractivity (Wildman–Crippen MR) is 112 cm³/mol. The fourth-order valence-electron chi connectivity index (χ4n) is 2.92. The number of hydrogen-bond donors (Lipinski definition) is 0. The Morgan fingerprint density at radius 2 is 1.86 bits per heavy atom. The maximum atomic E-state index is 5.41. The SMILES string of the molecule is CCc1noc(C(C)Sc2nnc(-c3ccncc3)n2-c2ccc(C)c(C)c2)n1. The van der Waals surface area contributed by atoms with E-state index in [1.807, 2.05) is 26.0 Å². The van der Waals surface area contributed by atoms with Gasteiger partial charge in [0.2, 0.25) is 5.89 Å². The Bertz CT molecular complexity index is 1120. The minimum Gasteiger partial charge on any atom is -0.338 e. The molecule has 0 spiro atoms. The molecule has 1 unspecified atom stereocenters. The van der Waals surface area contributed by atoms with E-state index in [4.69, 9.17) is 4.52 Å². The van der Waals surface area contributed by atoms with Crippen molar-refractivity contribution >= 4 is 11.8 Å². The van der Waals surface area contributed by atoms with Crippen LogP contribution in [0.1, 0.15) is 41.9 Å². The van der Waals surface area contributed by atoms with E-state index < -0.39 is 0 Å². The number of aryl methyl sites for hydroxylation is 3. The Morgan fingerprint density at radius 3 is 2.55 bits per heavy atom. The van der Waals surface area contributed by atoms with E-state index in [0.717, 1.165) is 28.7 Å². The van der Waals surface area contributed by atoms with Crippen molar-refractivity contribution < 1.29 is 4.52 Å². The van der Waals surface area contributed by atoms with Gasteiger partial charge in [0.15, 0.2) is 16.8 Å². The molecule has 1 aromatic carbocycles. The summed E-state index contributed by atoms with van der Waals surface area (Å²) in [5.41, 5.74) is 4.42. The molecule has 4 rings (SSSR count). The summed E-state index contributed by atoms with van der Waals surface area (Å²) in [5.74, 6) is 2.07. The van der Waals surface area contributed by atoms with E-state index in [1.165, 1.54) is 11.1 Å². The van der Waals surface area contributed by atoms with Gasteiger partial charge in [0.1, 0.15) is 0 Å². The van der Waals surface area contributed by atoms with Gasteiger partial charge in [0.05, 0.1) is 10.9 Å². The van der Waals surface area contributed by atoms with E-state index in [-0.39, 0.29) is 5.25 Å². The Labute approximate surface area is 173 Å². The van der Waals surface area contributed by atoms with Crippen molar-refractivity contribution in [2.24, 2.45) is 0 Å². The van der Waals surface area contributed by atoms with Crippen LogP contribution in [0.3, 0.4) is 0 Å². The minimum atomic E-state index is -0.0532. The highest BCUT2D eigenvalue weighted by Gasteiger charge is 2.22. The summed E-state index contributed by atoms with van der Waals surface area (Å²) in [5, 5.41) is 13.7. The Morgan fingerprint density at radius 1 is 1.07 bits per heavy atom. The molecule has 3 aromatic heterocycles. The van der Waals surface area contributed by atoms with Gasteiger partial charge in [0, 0.05) is 24.4 Å². The zero-order chi connectivity index (χ0) is 20.4. The number of nitrogens with zero attached hydrogens (tertiary/aromatic N) is 6. The van der Waals surface area contributed by atoms with Crippen LogP contribution in [0.15, 0.2) is 52.4 Å². The molecule has 7 nitrogen and oxygen atoms in total. The van der Waals surface area contributed by atoms with Gasteiger partial charge < -0.3 is 4.52 Å². The van der Waals surface area contributed by atoms with Gasteiger partial charge in [-0.1, -0.05) is 29.9 Å². The lowest BCUT2D eigenvalue weighted by Crippen LogP contribution is -2.02. The van der Waals surface area contributed by atoms with Crippen molar-refractivity contribution in [3.05, 3.63) is 65.6 Å². The van der Waals surface area contributed by atoms with E-state index in [9.17, 15) is 0 Å². The second-order valence-corrected chi connectivity index (χ2v) is 8.12. The molecule has 0 N–H and O–H groups in total. The van der Waals surface area contributed by atoms with Crippen LogP contribution in [0.5, 0.6) is 0 Å². The van der Waals surface area contributed by atoms with E-state index in [0.29, 0.717) is 11.7 Å². The van der Waals surface area contributed by atoms with Gasteiger partial charge >= 0.3 is 0 Å². The van der Waals surface area contributed by atoms with Crippen LogP contribution in [0.25, 0.3) is 17.1 Å². The molecular weight excluding hydrogens is 384 g/mol. The first-order valence-electron chi connectivity index (χ1n) is 9.49. The summed E-state index contributed by atoms with van der Waals surface area (Å²) in [6, 6.07) is 10.2. The molecule has 0 aliphatic rings. The molecule has 0 saturated heterocycles. The van der Waals surface area contributed by atoms with Crippen LogP contribution in [0, 0.1) is 13.8 Å². The molecule has 0 fully saturated rings. The van der Waals surface area contributed by atoms with Crippen molar-refractivity contribution in [1.82, 2.24) is 29.9 Å². The number of pyridine rings is 1. The van der Waals surface area contributed by atoms with Gasteiger partial charge in [-0.15, -0.1) is 10.2 Å². The quantitative estimate of drug-likeness (QED) is 0.428. The van der Waals surface area contributed by atoms with Crippen molar-refractivity contribution in [1.29, 1.82) is 0 Å². The normalized spacial score (nSPS) is 12.3. The summed E-state index contributed by atoms with van der Waals surface area (Å²) < 4.78 is 7.48. The molecular formula is C21H22N6OS. The third-order valence-corrected chi connectivity index (χ3v) is 5.78. The molecule has 0 aliphatic carbocycles. The van der Waals surface area contributed by atoms with Crippen LogP contribution in [0.2, 0.25) is 0 Å². The van der Waals surface area contributed by atoms with Crippen LogP contribution in [0.4, 0.5) is 0 Å². The third-order valence-electron chi connectivity index (χ3n) is 4.75. The second kappa shape index (κ2) is 8.16. The van der Waals surface area contributed by atoms with E-state index in [2.05, 4.69) is 61.9 Å². The fourth-order valence-corrected chi connectivity index (χ4v) is 3.81. The topological polar surface area (TPSA) is 82.5 Å². The summed E-state index contributed by atoms with van der Waals surface area (Å²) >= 11 is 1.54. The van der Waals surface area contributed by atoms with Crippen LogP contribution >= 0.6 is 11.8 Å². The summed E-state index contributed by atoms with van der Waals surface area (Å²) in [7, 11) is 0. The third kappa shape index (κ3) is 3.93. The standard InChI is InChI=1S/C21H22N6OS/c1-5-18-23-20(28-26-18)15(4)29-21-25-24-19(16-8-10-22-11-9-16)27(21)17-7-6-13(2)14(3)12-17/h6-12,15H,5H2,1-4H3. The van der Waals surface area contributed by atoms with Crippen molar-refractivity contribution in [3.8, 4) is 17.1 Å². The van der Waals surface area contributed by atoms with Crippen molar-refractivity contribution in [2.75, 3.05) is 0 Å². The fraction of sp³-hybridized carbons (Fsp3) is 0.286. The molecule has 1 atom stereocenters. The molecule has 148 valence electrons. The predicted octanol–water partition coefficient (Wildman–Crippen LogP) is 4.74. The van der Waals surface area contributed by atoms with Gasteiger partial charge in [-0.2, -0.15) is 4.98 Å². The average Bonchev–Trinajstić information content (AvgIpc) is 3.38. The van der Waals surface area contributed by atoms with Gasteiger partial charge in [-0.3, -0.25) is 9.55 Å². The van der Waals surface area contributed by atoms with Crippen LogP contribution < -0.4 is 0 Å². The van der Waals surface area contributed by atoms with E-state index >= 15 is 0 Å². The molecule has 0 bridgehead atoms. The molecule has 29 heavy (non-hydrogen) atoms. The molecule has 0 saturated carbocycles. The summed E-state index contributed by atoms with van der Waals surface area (Å²) in [4.78, 5) is 8.57. The van der Waals surface area contributed by atoms with E-state index in [1.54, 1.807) is 24.2 Å². The first-order valence-corrected chi connectivity index (χ1v) is 10.4. The lowest BCUT2D eigenvalue weighted by molar-refractivity contribution is 0.375. The average molecular weight is 407 g/mol. The monoisotopic (exact) mass is 406 g/mol. The lowest BCUT2D eigenvalue weighted by atomic mass is 10.1. The lowest BCUT2D eigenvalue weighted by Gasteiger charge is -2.13. The number of benzene rings is 1. The molecule has 0 radical (unpaired) electrons. The molecule has 8 heteroatoms. The highest BCUT2D eigenvalue weighted by atomic mass is 32.2. The number of thioether (sulfide) groups is 1. The molecule has 0 amide bonds. The zero-order valence-electron chi connectivity index (χ0n) is 16.8. The van der Waals surface area contributed by atoms with Crippen molar-refractivity contribution in [3.63, 3.8) is 0 Å². The Kier molecular flexibility index (Phi) is 5.44. The number of aromatic nitrogens is 6. The maximum Gasteiger partial charge on any atom is 0.239 e. The first-order chi connectivity index (χ1) is 14.1. The van der Waals surface area contributed by atoms with Crippen LogP contribution in [-0.2, 0) is 6.42 Å². The molecule has 0 aliphatic heterocycles. The largest absolute Gasteiger partial charge is 0.338 e. The van der Waals surface area contributed by atoms with Crippen molar-refractivity contribution in [2.45, 2.75) is 44.5 Å². The molecule has 4 aromatic rings. The number of hydrogen-bond acceptors (Lipinski definition) is 7. The molecule has 3 heterocycles. The smallest absolute Gasteiger partial charge is 0.239 e. The van der Waals surface area contributed by atoms with Gasteiger partial charge in [-0.25, -0.2) is 0 Å².